The first-order valence-electron chi connectivity index (χ1n) is 10.7. The number of methoxy groups -OCH3 is 2. The second-order valence-corrected chi connectivity index (χ2v) is 7.45. The summed E-state index contributed by atoms with van der Waals surface area (Å²) in [5.41, 5.74) is -1.61. The quantitative estimate of drug-likeness (QED) is 0.405. The molecule has 0 saturated carbocycles. The maximum atomic E-state index is 15.2. The van der Waals surface area contributed by atoms with Gasteiger partial charge in [0.15, 0.2) is 23.6 Å². The van der Waals surface area contributed by atoms with Crippen LogP contribution in [0.3, 0.4) is 0 Å². The number of benzene rings is 1. The zero-order valence-corrected chi connectivity index (χ0v) is 20.1. The van der Waals surface area contributed by atoms with E-state index in [0.717, 1.165) is 4.57 Å². The molecule has 0 aliphatic carbocycles. The molecule has 0 unspecified atom stereocenters. The molecular weight excluding hydrogens is 506 g/mol. The fraction of sp³-hybridized carbons (Fsp3) is 0.364. The van der Waals surface area contributed by atoms with Crippen LogP contribution >= 0.6 is 0 Å². The summed E-state index contributed by atoms with van der Waals surface area (Å²) in [4.78, 5) is 29.5. The lowest BCUT2D eigenvalue weighted by atomic mass is 10.2. The number of carbonyl (C=O) groups is 1. The zero-order chi connectivity index (χ0) is 27.5. The average molecular weight is 529 g/mol. The van der Waals surface area contributed by atoms with Crippen molar-refractivity contribution in [1.82, 2.24) is 19.3 Å². The van der Waals surface area contributed by atoms with Crippen molar-refractivity contribution in [3.8, 4) is 23.2 Å². The van der Waals surface area contributed by atoms with Crippen LogP contribution < -0.4 is 25.2 Å². The smallest absolute Gasteiger partial charge is 0.425 e. The molecule has 15 heteroatoms. The molecule has 2 heterocycles. The number of amides is 1. The Morgan fingerprint density at radius 2 is 1.84 bits per heavy atom. The number of aliphatic hydroxyl groups is 1. The molecule has 0 bridgehead atoms. The Balaban J connectivity index is 2.17. The van der Waals surface area contributed by atoms with Gasteiger partial charge in [-0.2, -0.15) is 22.8 Å². The maximum Gasteiger partial charge on any atom is 0.425 e. The number of aromatic nitrogens is 4. The Labute approximate surface area is 207 Å². The summed E-state index contributed by atoms with van der Waals surface area (Å²) in [5.74, 6) is -3.96. The van der Waals surface area contributed by atoms with E-state index in [2.05, 4.69) is 15.4 Å². The highest BCUT2D eigenvalue weighted by atomic mass is 19.4. The van der Waals surface area contributed by atoms with Crippen LogP contribution in [0.4, 0.5) is 23.2 Å². The Kier molecular flexibility index (Phi) is 8.06. The Morgan fingerprint density at radius 3 is 2.32 bits per heavy atom. The number of rotatable bonds is 9. The number of hydrogen-bond donors (Lipinski definition) is 2. The lowest BCUT2D eigenvalue weighted by Crippen LogP contribution is -2.33. The number of nitrogens with zero attached hydrogens (tertiary/aromatic N) is 4. The maximum absolute atomic E-state index is 15.2. The van der Waals surface area contributed by atoms with E-state index in [-0.39, 0.29) is 29.6 Å². The number of para-hydroxylation sites is 1. The summed E-state index contributed by atoms with van der Waals surface area (Å²) in [7, 11) is 2.63. The molecule has 0 saturated heterocycles. The van der Waals surface area contributed by atoms with E-state index < -0.39 is 53.6 Å². The molecule has 37 heavy (non-hydrogen) atoms. The molecule has 0 aliphatic rings. The molecule has 3 rings (SSSR count). The molecule has 1 amide bonds. The molecular formula is C22H23F4N5O6. The standard InChI is InChI=1S/C22H23F4N5O6/c1-5-30-16(10-32)29-31(21(30)34)18-13(23)9-12(20(28-18)37-11(2)22(24,25)26)19(33)27-17-14(35-3)7-6-8-15(17)36-4/h6-9,11,32H,5,10H2,1-4H3,(H,27,33)/t11-/m0/s1. The number of aliphatic hydroxyl groups excluding tert-OH is 1. The third-order valence-corrected chi connectivity index (χ3v) is 5.18. The van der Waals surface area contributed by atoms with Gasteiger partial charge in [0.05, 0.1) is 14.2 Å². The van der Waals surface area contributed by atoms with Gasteiger partial charge in [0, 0.05) is 6.54 Å². The fourth-order valence-electron chi connectivity index (χ4n) is 3.26. The number of anilines is 1. The van der Waals surface area contributed by atoms with Crippen LogP contribution in [-0.2, 0) is 13.2 Å². The van der Waals surface area contributed by atoms with Crippen LogP contribution in [0, 0.1) is 5.82 Å². The minimum absolute atomic E-state index is 0.0160. The lowest BCUT2D eigenvalue weighted by Gasteiger charge is -2.20. The van der Waals surface area contributed by atoms with Gasteiger partial charge in [-0.05, 0) is 32.0 Å². The highest BCUT2D eigenvalue weighted by Crippen LogP contribution is 2.35. The molecule has 0 spiro atoms. The first-order valence-corrected chi connectivity index (χ1v) is 10.7. The van der Waals surface area contributed by atoms with E-state index in [1.807, 2.05) is 0 Å². The van der Waals surface area contributed by atoms with Crippen molar-refractivity contribution in [2.24, 2.45) is 0 Å². The van der Waals surface area contributed by atoms with Crippen LogP contribution in [0.2, 0.25) is 0 Å². The van der Waals surface area contributed by atoms with Crippen molar-refractivity contribution in [2.45, 2.75) is 39.3 Å². The van der Waals surface area contributed by atoms with Crippen LogP contribution in [0.15, 0.2) is 29.1 Å². The second kappa shape index (κ2) is 10.9. The van der Waals surface area contributed by atoms with E-state index in [0.29, 0.717) is 17.7 Å². The van der Waals surface area contributed by atoms with Crippen LogP contribution in [-0.4, -0.2) is 56.8 Å². The molecule has 0 aliphatic heterocycles. The number of hydrogen-bond acceptors (Lipinski definition) is 8. The highest BCUT2D eigenvalue weighted by molar-refractivity contribution is 6.07. The molecule has 3 aromatic rings. The van der Waals surface area contributed by atoms with Gasteiger partial charge in [-0.25, -0.2) is 9.18 Å². The van der Waals surface area contributed by atoms with E-state index >= 15 is 4.39 Å². The van der Waals surface area contributed by atoms with E-state index in [1.54, 1.807) is 13.0 Å². The molecule has 200 valence electrons. The second-order valence-electron chi connectivity index (χ2n) is 7.45. The predicted octanol–water partition coefficient (Wildman–Crippen LogP) is 2.68. The summed E-state index contributed by atoms with van der Waals surface area (Å²) in [6.45, 7) is 1.62. The number of halogens is 4. The first-order chi connectivity index (χ1) is 17.5. The number of pyridine rings is 1. The fourth-order valence-corrected chi connectivity index (χ4v) is 3.26. The molecule has 2 N–H and O–H groups in total. The van der Waals surface area contributed by atoms with E-state index in [9.17, 15) is 27.9 Å². The molecule has 0 radical (unpaired) electrons. The summed E-state index contributed by atoms with van der Waals surface area (Å²) in [6, 6.07) is 5.10. The summed E-state index contributed by atoms with van der Waals surface area (Å²) < 4.78 is 71.7. The van der Waals surface area contributed by atoms with Gasteiger partial charge in [0.25, 0.3) is 5.91 Å². The van der Waals surface area contributed by atoms with Crippen LogP contribution in [0.1, 0.15) is 30.0 Å². The van der Waals surface area contributed by atoms with Gasteiger partial charge in [-0.15, -0.1) is 5.10 Å². The topological polar surface area (TPSA) is 130 Å². The van der Waals surface area contributed by atoms with Crippen molar-refractivity contribution >= 4 is 11.6 Å². The van der Waals surface area contributed by atoms with Crippen molar-refractivity contribution in [2.75, 3.05) is 19.5 Å². The number of ether oxygens (including phenoxy) is 3. The molecule has 1 atom stereocenters. The predicted molar refractivity (Wildman–Crippen MR) is 121 cm³/mol. The molecule has 0 fully saturated rings. The number of nitrogens with one attached hydrogen (secondary N) is 1. The molecule has 11 nitrogen and oxygen atoms in total. The van der Waals surface area contributed by atoms with Crippen LogP contribution in [0.5, 0.6) is 17.4 Å². The highest BCUT2D eigenvalue weighted by Gasteiger charge is 2.39. The van der Waals surface area contributed by atoms with Gasteiger partial charge < -0.3 is 24.6 Å². The van der Waals surface area contributed by atoms with E-state index in [1.165, 1.54) is 26.4 Å². The Morgan fingerprint density at radius 1 is 1.22 bits per heavy atom. The van der Waals surface area contributed by atoms with Crippen LogP contribution in [0.25, 0.3) is 5.82 Å². The molecule has 2 aromatic heterocycles. The van der Waals surface area contributed by atoms with Crippen molar-refractivity contribution in [1.29, 1.82) is 0 Å². The summed E-state index contributed by atoms with van der Waals surface area (Å²) >= 11 is 0. The third kappa shape index (κ3) is 5.50. The molecule has 1 aromatic carbocycles. The minimum atomic E-state index is -4.86. The van der Waals surface area contributed by atoms with Gasteiger partial charge in [-0.1, -0.05) is 6.07 Å². The number of alkyl halides is 3. The first kappa shape index (κ1) is 27.4. The van der Waals surface area contributed by atoms with Gasteiger partial charge in [0.2, 0.25) is 5.88 Å². The van der Waals surface area contributed by atoms with Gasteiger partial charge >= 0.3 is 11.9 Å². The SMILES string of the molecule is CCn1c(CO)nn(-c2nc(O[C@@H](C)C(F)(F)F)c(C(=O)Nc3c(OC)cccc3OC)cc2F)c1=O. The average Bonchev–Trinajstić information content (AvgIpc) is 3.19. The minimum Gasteiger partial charge on any atom is -0.494 e. The third-order valence-electron chi connectivity index (χ3n) is 5.18. The van der Waals surface area contributed by atoms with Gasteiger partial charge in [0.1, 0.15) is 29.4 Å². The van der Waals surface area contributed by atoms with Gasteiger partial charge in [-0.3, -0.25) is 9.36 Å². The summed E-state index contributed by atoms with van der Waals surface area (Å²) in [5, 5.41) is 15.6. The normalized spacial score (nSPS) is 12.2. The van der Waals surface area contributed by atoms with Crippen molar-refractivity contribution in [3.63, 3.8) is 0 Å². The Hall–Kier alpha value is -4.14. The lowest BCUT2D eigenvalue weighted by molar-refractivity contribution is -0.190. The summed E-state index contributed by atoms with van der Waals surface area (Å²) in [6.07, 6.45) is -7.32. The van der Waals surface area contributed by atoms with Crippen molar-refractivity contribution in [3.05, 3.63) is 52.0 Å². The zero-order valence-electron chi connectivity index (χ0n) is 20.1. The monoisotopic (exact) mass is 529 g/mol. The Bertz CT molecular complexity index is 1330. The number of carbonyl (C=O) groups excluding carboxylic acids is 1. The van der Waals surface area contributed by atoms with E-state index in [4.69, 9.17) is 14.2 Å². The largest absolute Gasteiger partial charge is 0.494 e. The van der Waals surface area contributed by atoms with Crippen molar-refractivity contribution < 1.29 is 41.7 Å².